The summed E-state index contributed by atoms with van der Waals surface area (Å²) in [6.45, 7) is 2.03. The van der Waals surface area contributed by atoms with E-state index < -0.39 is 0 Å². The third-order valence-corrected chi connectivity index (χ3v) is 2.92. The molecular formula is C10H11Cl2N3. The molecule has 0 aliphatic rings. The number of hydrogen-bond donors (Lipinski definition) is 1. The Balaban J connectivity index is 2.68. The Morgan fingerprint density at radius 2 is 2.20 bits per heavy atom. The molecule has 1 N–H and O–H groups in total. The van der Waals surface area contributed by atoms with Gasteiger partial charge in [0.25, 0.3) is 0 Å². The van der Waals surface area contributed by atoms with E-state index >= 15 is 0 Å². The van der Waals surface area contributed by atoms with Gasteiger partial charge in [0, 0.05) is 11.2 Å². The number of fused-ring (bicyclic) bond motifs is 1. The Bertz CT molecular complexity index is 493. The first kappa shape index (κ1) is 10.7. The molecule has 0 saturated carbocycles. The summed E-state index contributed by atoms with van der Waals surface area (Å²) in [6.07, 6.45) is 1.87. The summed E-state index contributed by atoms with van der Waals surface area (Å²) in [5.41, 5.74) is 0.835. The number of pyridine rings is 1. The Labute approximate surface area is 98.0 Å². The van der Waals surface area contributed by atoms with Crippen LogP contribution in [0.4, 0.5) is 0 Å². The summed E-state index contributed by atoms with van der Waals surface area (Å²) in [5.74, 6) is 0.883. The lowest BCUT2D eigenvalue weighted by Crippen LogP contribution is -2.15. The molecule has 2 heterocycles. The number of aromatic nitrogens is 2. The fourth-order valence-corrected chi connectivity index (χ4v) is 1.87. The quantitative estimate of drug-likeness (QED) is 0.880. The standard InChI is InChI=1S/C10H11Cl2N3/c1-6(13-2)10-14-9(12)8-5-7(11)3-4-15(8)10/h3-6,13H,1-2H3. The highest BCUT2D eigenvalue weighted by molar-refractivity contribution is 6.34. The average molecular weight is 244 g/mol. The lowest BCUT2D eigenvalue weighted by molar-refractivity contribution is 0.608. The first-order valence-corrected chi connectivity index (χ1v) is 5.39. The lowest BCUT2D eigenvalue weighted by atomic mass is 10.3. The molecule has 2 aromatic rings. The Hall–Kier alpha value is -0.770. The highest BCUT2D eigenvalue weighted by Crippen LogP contribution is 2.24. The zero-order chi connectivity index (χ0) is 11.0. The van der Waals surface area contributed by atoms with Gasteiger partial charge in [0.1, 0.15) is 5.82 Å². The van der Waals surface area contributed by atoms with Crippen molar-refractivity contribution in [1.29, 1.82) is 0 Å². The van der Waals surface area contributed by atoms with E-state index in [1.54, 1.807) is 0 Å². The molecule has 80 valence electrons. The minimum absolute atomic E-state index is 0.145. The summed E-state index contributed by atoms with van der Waals surface area (Å²) in [4.78, 5) is 4.31. The van der Waals surface area contributed by atoms with Gasteiger partial charge >= 0.3 is 0 Å². The number of rotatable bonds is 2. The molecule has 0 amide bonds. The van der Waals surface area contributed by atoms with Crippen LogP contribution in [0.3, 0.4) is 0 Å². The van der Waals surface area contributed by atoms with Crippen molar-refractivity contribution >= 4 is 28.7 Å². The maximum atomic E-state index is 6.03. The van der Waals surface area contributed by atoms with Gasteiger partial charge in [-0.25, -0.2) is 4.98 Å². The summed E-state index contributed by atoms with van der Waals surface area (Å²) in [7, 11) is 1.88. The van der Waals surface area contributed by atoms with Crippen molar-refractivity contribution in [2.45, 2.75) is 13.0 Å². The van der Waals surface area contributed by atoms with E-state index in [2.05, 4.69) is 10.3 Å². The number of nitrogens with one attached hydrogen (secondary N) is 1. The van der Waals surface area contributed by atoms with E-state index in [4.69, 9.17) is 23.2 Å². The van der Waals surface area contributed by atoms with E-state index in [9.17, 15) is 0 Å². The fraction of sp³-hybridized carbons (Fsp3) is 0.300. The van der Waals surface area contributed by atoms with Crippen LogP contribution >= 0.6 is 23.2 Å². The molecule has 15 heavy (non-hydrogen) atoms. The molecule has 5 heteroatoms. The van der Waals surface area contributed by atoms with Gasteiger partial charge in [-0.1, -0.05) is 23.2 Å². The Morgan fingerprint density at radius 1 is 1.47 bits per heavy atom. The summed E-state index contributed by atoms with van der Waals surface area (Å²) in [6, 6.07) is 3.77. The van der Waals surface area contributed by atoms with E-state index in [0.29, 0.717) is 10.2 Å². The van der Waals surface area contributed by atoms with Gasteiger partial charge < -0.3 is 9.72 Å². The summed E-state index contributed by atoms with van der Waals surface area (Å²) in [5, 5.41) is 4.27. The lowest BCUT2D eigenvalue weighted by Gasteiger charge is -2.08. The maximum absolute atomic E-state index is 6.03. The molecular weight excluding hydrogens is 233 g/mol. The minimum Gasteiger partial charge on any atom is -0.311 e. The van der Waals surface area contributed by atoms with Crippen molar-refractivity contribution in [2.75, 3.05) is 7.05 Å². The van der Waals surface area contributed by atoms with Crippen molar-refractivity contribution in [3.8, 4) is 0 Å². The van der Waals surface area contributed by atoms with E-state index in [1.165, 1.54) is 0 Å². The van der Waals surface area contributed by atoms with Gasteiger partial charge in [-0.15, -0.1) is 0 Å². The predicted molar refractivity (Wildman–Crippen MR) is 62.7 cm³/mol. The van der Waals surface area contributed by atoms with Crippen molar-refractivity contribution in [1.82, 2.24) is 14.7 Å². The third kappa shape index (κ3) is 1.83. The minimum atomic E-state index is 0.145. The molecule has 3 nitrogen and oxygen atoms in total. The van der Waals surface area contributed by atoms with Crippen molar-refractivity contribution in [2.24, 2.45) is 0 Å². The zero-order valence-electron chi connectivity index (χ0n) is 8.46. The SMILES string of the molecule is CNC(C)c1nc(Cl)c2cc(Cl)ccn12. The van der Waals surface area contributed by atoms with Gasteiger partial charge in [0.05, 0.1) is 11.6 Å². The van der Waals surface area contributed by atoms with Gasteiger partial charge in [-0.05, 0) is 26.1 Å². The second kappa shape index (κ2) is 4.00. The van der Waals surface area contributed by atoms with Crippen LogP contribution in [0, 0.1) is 0 Å². The van der Waals surface area contributed by atoms with Crippen LogP contribution in [-0.2, 0) is 0 Å². The van der Waals surface area contributed by atoms with Crippen LogP contribution in [0.5, 0.6) is 0 Å². The van der Waals surface area contributed by atoms with Gasteiger partial charge in [-0.3, -0.25) is 0 Å². The fourth-order valence-electron chi connectivity index (χ4n) is 1.48. The smallest absolute Gasteiger partial charge is 0.155 e. The number of halogens is 2. The number of hydrogen-bond acceptors (Lipinski definition) is 2. The average Bonchev–Trinajstić information content (AvgIpc) is 2.55. The topological polar surface area (TPSA) is 29.3 Å². The largest absolute Gasteiger partial charge is 0.311 e. The number of nitrogens with zero attached hydrogens (tertiary/aromatic N) is 2. The number of imidazole rings is 1. The Morgan fingerprint density at radius 3 is 2.87 bits per heavy atom. The van der Waals surface area contributed by atoms with E-state index in [1.807, 2.05) is 36.7 Å². The summed E-state index contributed by atoms with van der Waals surface area (Å²) < 4.78 is 1.94. The van der Waals surface area contributed by atoms with Crippen molar-refractivity contribution in [3.05, 3.63) is 34.3 Å². The molecule has 1 unspecified atom stereocenters. The second-order valence-corrected chi connectivity index (χ2v) is 4.17. The van der Waals surface area contributed by atoms with Crippen LogP contribution < -0.4 is 5.32 Å². The van der Waals surface area contributed by atoms with Gasteiger partial charge in [-0.2, -0.15) is 0 Å². The monoisotopic (exact) mass is 243 g/mol. The Kier molecular flexibility index (Phi) is 2.87. The first-order valence-electron chi connectivity index (χ1n) is 4.63. The van der Waals surface area contributed by atoms with Crippen LogP contribution in [0.15, 0.2) is 18.3 Å². The molecule has 0 aromatic carbocycles. The normalized spacial score (nSPS) is 13.3. The molecule has 1 atom stereocenters. The van der Waals surface area contributed by atoms with E-state index in [-0.39, 0.29) is 6.04 Å². The highest BCUT2D eigenvalue weighted by Gasteiger charge is 2.13. The molecule has 0 fully saturated rings. The van der Waals surface area contributed by atoms with Crippen LogP contribution in [0.25, 0.3) is 5.52 Å². The van der Waals surface area contributed by atoms with E-state index in [0.717, 1.165) is 11.3 Å². The second-order valence-electron chi connectivity index (χ2n) is 3.37. The first-order chi connectivity index (χ1) is 7.13. The third-order valence-electron chi connectivity index (χ3n) is 2.41. The van der Waals surface area contributed by atoms with Gasteiger partial charge in [0.2, 0.25) is 0 Å². The van der Waals surface area contributed by atoms with Crippen molar-refractivity contribution in [3.63, 3.8) is 0 Å². The highest BCUT2D eigenvalue weighted by atomic mass is 35.5. The molecule has 0 saturated heterocycles. The molecule has 0 aliphatic heterocycles. The predicted octanol–water partition coefficient (Wildman–Crippen LogP) is 2.92. The zero-order valence-corrected chi connectivity index (χ0v) is 9.97. The molecule has 0 radical (unpaired) electrons. The molecule has 0 spiro atoms. The van der Waals surface area contributed by atoms with Gasteiger partial charge in [0.15, 0.2) is 5.15 Å². The van der Waals surface area contributed by atoms with Crippen molar-refractivity contribution < 1.29 is 0 Å². The maximum Gasteiger partial charge on any atom is 0.155 e. The molecule has 2 rings (SSSR count). The molecule has 0 aliphatic carbocycles. The molecule has 2 aromatic heterocycles. The summed E-state index contributed by atoms with van der Waals surface area (Å²) >= 11 is 11.9. The van der Waals surface area contributed by atoms with Crippen LogP contribution in [0.2, 0.25) is 10.2 Å². The molecule has 0 bridgehead atoms. The van der Waals surface area contributed by atoms with Crippen LogP contribution in [0.1, 0.15) is 18.8 Å². The van der Waals surface area contributed by atoms with Crippen LogP contribution in [-0.4, -0.2) is 16.4 Å².